The fraction of sp³-hybridized carbons (Fsp3) is 0.214. The Kier molecular flexibility index (Phi) is 7.69. The highest BCUT2D eigenvalue weighted by Gasteiger charge is 2.38. The normalized spacial score (nSPS) is 13.9. The molecule has 12 heteroatoms. The summed E-state index contributed by atoms with van der Waals surface area (Å²) in [5.41, 5.74) is 0.231. The van der Waals surface area contributed by atoms with Crippen LogP contribution in [0.1, 0.15) is 30.0 Å². The summed E-state index contributed by atoms with van der Waals surface area (Å²) < 4.78 is 32.2. The van der Waals surface area contributed by atoms with E-state index in [0.717, 1.165) is 23.3 Å². The van der Waals surface area contributed by atoms with Gasteiger partial charge in [-0.3, -0.25) is 4.98 Å². The number of tetrazole rings is 1. The molecule has 204 valence electrons. The van der Waals surface area contributed by atoms with Crippen molar-refractivity contribution in [2.24, 2.45) is 5.92 Å². The number of halogens is 2. The minimum Gasteiger partial charge on any atom is -0.383 e. The first kappa shape index (κ1) is 26.8. The Hall–Kier alpha value is -4.84. The standard InChI is InChI=1S/C28H26F2N8O2/c1-20(28(40,17-36-19-32-18-33-36)25-10-7-23(29)15-26(25)30)3-2-4-21-5-8-24(9-6-21)38-27(39)37(34-35-38)16-22-11-13-31-14-12-22/h2,4-15,18-20,40H,3,16-17H2,1H3/b4-2+/t20-,28+/m0/s1. The third-order valence-corrected chi connectivity index (χ3v) is 6.74. The fourth-order valence-corrected chi connectivity index (χ4v) is 4.43. The van der Waals surface area contributed by atoms with Gasteiger partial charge >= 0.3 is 5.69 Å². The minimum atomic E-state index is -1.68. The molecule has 10 nitrogen and oxygen atoms in total. The van der Waals surface area contributed by atoms with Gasteiger partial charge in [0.25, 0.3) is 0 Å². The number of benzene rings is 2. The van der Waals surface area contributed by atoms with Crippen LogP contribution in [0.25, 0.3) is 11.8 Å². The predicted molar refractivity (Wildman–Crippen MR) is 142 cm³/mol. The van der Waals surface area contributed by atoms with Gasteiger partial charge < -0.3 is 5.11 Å². The molecular formula is C28H26F2N8O2. The number of aromatic nitrogens is 8. The highest BCUT2D eigenvalue weighted by atomic mass is 19.1. The number of rotatable bonds is 10. The molecule has 0 aliphatic carbocycles. The van der Waals surface area contributed by atoms with Crippen LogP contribution in [0, 0.1) is 17.6 Å². The van der Waals surface area contributed by atoms with Crippen LogP contribution in [0.5, 0.6) is 0 Å². The minimum absolute atomic E-state index is 0.0166. The highest BCUT2D eigenvalue weighted by molar-refractivity contribution is 5.51. The maximum absolute atomic E-state index is 14.7. The average Bonchev–Trinajstić information content (AvgIpc) is 3.59. The Morgan fingerprint density at radius 2 is 1.80 bits per heavy atom. The average molecular weight is 545 g/mol. The number of hydrogen-bond acceptors (Lipinski definition) is 7. The first-order valence-corrected chi connectivity index (χ1v) is 12.5. The van der Waals surface area contributed by atoms with Crippen molar-refractivity contribution in [2.75, 3.05) is 0 Å². The van der Waals surface area contributed by atoms with Gasteiger partial charge in [-0.1, -0.05) is 37.3 Å². The molecule has 0 radical (unpaired) electrons. The number of allylic oxidation sites excluding steroid dienone is 1. The summed E-state index contributed by atoms with van der Waals surface area (Å²) in [6.45, 7) is 2.01. The maximum atomic E-state index is 14.7. The molecule has 40 heavy (non-hydrogen) atoms. The van der Waals surface area contributed by atoms with Gasteiger partial charge in [-0.2, -0.15) is 14.5 Å². The Labute approximate surface area is 227 Å². The Morgan fingerprint density at radius 3 is 2.50 bits per heavy atom. The zero-order chi connectivity index (χ0) is 28.1. The van der Waals surface area contributed by atoms with Gasteiger partial charge in [-0.25, -0.2) is 23.2 Å². The molecule has 1 N–H and O–H groups in total. The molecule has 5 aromatic rings. The summed E-state index contributed by atoms with van der Waals surface area (Å²) in [6, 6.07) is 13.9. The second-order valence-corrected chi connectivity index (χ2v) is 9.46. The summed E-state index contributed by atoms with van der Waals surface area (Å²) in [5, 5.41) is 23.6. The molecule has 3 heterocycles. The van der Waals surface area contributed by atoms with E-state index in [1.807, 2.05) is 24.3 Å². The van der Waals surface area contributed by atoms with Crippen molar-refractivity contribution in [3.05, 3.63) is 125 Å². The SMILES string of the molecule is C[C@@H](C/C=C/c1ccc(-n2nnn(Cc3ccncc3)c2=O)cc1)[C@](O)(Cn1cncn1)c1ccc(F)cc1F. The fourth-order valence-electron chi connectivity index (χ4n) is 4.43. The second kappa shape index (κ2) is 11.5. The molecule has 0 saturated carbocycles. The molecule has 2 atom stereocenters. The van der Waals surface area contributed by atoms with Gasteiger partial charge in [-0.15, -0.1) is 0 Å². The highest BCUT2D eigenvalue weighted by Crippen LogP contribution is 2.35. The predicted octanol–water partition coefficient (Wildman–Crippen LogP) is 3.37. The molecule has 2 aromatic carbocycles. The van der Waals surface area contributed by atoms with Crippen LogP contribution in [0.15, 0.2) is 90.5 Å². The van der Waals surface area contributed by atoms with E-state index in [0.29, 0.717) is 12.1 Å². The van der Waals surface area contributed by atoms with Crippen molar-refractivity contribution in [2.45, 2.75) is 32.0 Å². The second-order valence-electron chi connectivity index (χ2n) is 9.46. The van der Waals surface area contributed by atoms with E-state index in [1.54, 1.807) is 43.6 Å². The number of aliphatic hydroxyl groups is 1. The van der Waals surface area contributed by atoms with Gasteiger partial charge in [0.05, 0.1) is 18.8 Å². The molecule has 0 aliphatic heterocycles. The van der Waals surface area contributed by atoms with Crippen molar-refractivity contribution >= 4 is 6.08 Å². The first-order chi connectivity index (χ1) is 19.3. The Morgan fingerprint density at radius 1 is 1.02 bits per heavy atom. The number of pyridine rings is 1. The van der Waals surface area contributed by atoms with Crippen molar-refractivity contribution in [1.29, 1.82) is 0 Å². The van der Waals surface area contributed by atoms with Crippen LogP contribution in [0.2, 0.25) is 0 Å². The van der Waals surface area contributed by atoms with Gasteiger partial charge in [-0.05, 0) is 64.2 Å². The molecule has 0 saturated heterocycles. The summed E-state index contributed by atoms with van der Waals surface area (Å²) in [4.78, 5) is 20.6. The van der Waals surface area contributed by atoms with E-state index in [4.69, 9.17) is 0 Å². The van der Waals surface area contributed by atoms with E-state index in [-0.39, 0.29) is 24.3 Å². The zero-order valence-corrected chi connectivity index (χ0v) is 21.5. The maximum Gasteiger partial charge on any atom is 0.368 e. The van der Waals surface area contributed by atoms with Crippen LogP contribution in [0.3, 0.4) is 0 Å². The van der Waals surface area contributed by atoms with Gasteiger partial charge in [0.2, 0.25) is 0 Å². The molecule has 0 fully saturated rings. The molecule has 5 rings (SSSR count). The van der Waals surface area contributed by atoms with E-state index in [2.05, 4.69) is 25.5 Å². The van der Waals surface area contributed by atoms with Gasteiger partial charge in [0.15, 0.2) is 0 Å². The van der Waals surface area contributed by atoms with Crippen LogP contribution in [0.4, 0.5) is 8.78 Å². The molecule has 0 amide bonds. The molecule has 3 aromatic heterocycles. The van der Waals surface area contributed by atoms with E-state index < -0.39 is 23.2 Å². The molecular weight excluding hydrogens is 518 g/mol. The lowest BCUT2D eigenvalue weighted by molar-refractivity contribution is -0.0379. The number of nitrogens with zero attached hydrogens (tertiary/aromatic N) is 8. The smallest absolute Gasteiger partial charge is 0.368 e. The van der Waals surface area contributed by atoms with Gasteiger partial charge in [0.1, 0.15) is 29.9 Å². The van der Waals surface area contributed by atoms with Crippen molar-refractivity contribution in [3.8, 4) is 5.69 Å². The lowest BCUT2D eigenvalue weighted by atomic mass is 9.80. The summed E-state index contributed by atoms with van der Waals surface area (Å²) >= 11 is 0. The van der Waals surface area contributed by atoms with Crippen LogP contribution >= 0.6 is 0 Å². The van der Waals surface area contributed by atoms with E-state index >= 15 is 0 Å². The van der Waals surface area contributed by atoms with Gasteiger partial charge in [0, 0.05) is 24.0 Å². The largest absolute Gasteiger partial charge is 0.383 e. The molecule has 0 aliphatic rings. The quantitative estimate of drug-likeness (QED) is 0.287. The Bertz CT molecular complexity index is 1650. The lowest BCUT2D eigenvalue weighted by Crippen LogP contribution is -2.39. The third kappa shape index (κ3) is 5.76. The third-order valence-electron chi connectivity index (χ3n) is 6.74. The van der Waals surface area contributed by atoms with E-state index in [9.17, 15) is 18.7 Å². The molecule has 0 bridgehead atoms. The number of hydrogen-bond donors (Lipinski definition) is 1. The Balaban J connectivity index is 1.29. The monoisotopic (exact) mass is 544 g/mol. The zero-order valence-electron chi connectivity index (χ0n) is 21.5. The summed E-state index contributed by atoms with van der Waals surface area (Å²) in [6.07, 6.45) is 10.2. The summed E-state index contributed by atoms with van der Waals surface area (Å²) in [7, 11) is 0. The van der Waals surface area contributed by atoms with Crippen molar-refractivity contribution < 1.29 is 13.9 Å². The molecule has 0 unspecified atom stereocenters. The van der Waals surface area contributed by atoms with Crippen LogP contribution < -0.4 is 5.69 Å². The lowest BCUT2D eigenvalue weighted by Gasteiger charge is -2.34. The van der Waals surface area contributed by atoms with Crippen LogP contribution in [-0.4, -0.2) is 44.6 Å². The first-order valence-electron chi connectivity index (χ1n) is 12.5. The van der Waals surface area contributed by atoms with Crippen LogP contribution in [-0.2, 0) is 18.7 Å². The topological polar surface area (TPSA) is 117 Å². The van der Waals surface area contributed by atoms with Crippen molar-refractivity contribution in [3.63, 3.8) is 0 Å². The molecule has 0 spiro atoms. The summed E-state index contributed by atoms with van der Waals surface area (Å²) in [5.74, 6) is -2.03. The van der Waals surface area contributed by atoms with Crippen molar-refractivity contribution in [1.82, 2.24) is 39.5 Å². The van der Waals surface area contributed by atoms with E-state index in [1.165, 1.54) is 32.8 Å².